The van der Waals surface area contributed by atoms with Crippen LogP contribution in [0.2, 0.25) is 0 Å². The van der Waals surface area contributed by atoms with Crippen molar-refractivity contribution in [3.05, 3.63) is 16.3 Å². The number of piperazine rings is 1. The van der Waals surface area contributed by atoms with Crippen LogP contribution < -0.4 is 4.90 Å². The van der Waals surface area contributed by atoms with E-state index in [1.807, 2.05) is 23.2 Å². The third kappa shape index (κ3) is 3.10. The van der Waals surface area contributed by atoms with E-state index in [4.69, 9.17) is 14.7 Å². The first-order valence-electron chi connectivity index (χ1n) is 10.1. The highest BCUT2D eigenvalue weighted by Crippen LogP contribution is 2.39. The third-order valence-corrected chi connectivity index (χ3v) is 7.19. The van der Waals surface area contributed by atoms with E-state index in [0.29, 0.717) is 0 Å². The highest BCUT2D eigenvalue weighted by molar-refractivity contribution is 7.19. The molecule has 2 aromatic rings. The third-order valence-electron chi connectivity index (χ3n) is 6.00. The van der Waals surface area contributed by atoms with Crippen LogP contribution in [-0.2, 0) is 22.4 Å². The summed E-state index contributed by atoms with van der Waals surface area (Å²) in [6.07, 6.45) is 6.52. The number of ether oxygens (including phenoxy) is 1. The minimum Gasteiger partial charge on any atom is -0.368 e. The van der Waals surface area contributed by atoms with Gasteiger partial charge in [-0.2, -0.15) is 0 Å². The summed E-state index contributed by atoms with van der Waals surface area (Å²) in [4.78, 5) is 29.2. The van der Waals surface area contributed by atoms with Crippen LogP contribution in [0.25, 0.3) is 10.2 Å². The number of aromatic nitrogens is 2. The topological polar surface area (TPSA) is 58.6 Å². The van der Waals surface area contributed by atoms with Gasteiger partial charge in [0.05, 0.1) is 5.39 Å². The number of rotatable bonds is 2. The fraction of sp³-hybridized carbons (Fsp3) is 0.650. The molecule has 2 aliphatic heterocycles. The zero-order valence-corrected chi connectivity index (χ0v) is 16.7. The number of fused-ring (bicyclic) bond motifs is 3. The van der Waals surface area contributed by atoms with Crippen LogP contribution in [0.5, 0.6) is 0 Å². The number of carbonyl (C=O) groups is 1. The first-order chi connectivity index (χ1) is 13.2. The van der Waals surface area contributed by atoms with Crippen LogP contribution in [0.15, 0.2) is 0 Å². The molecule has 0 aromatic carbocycles. The lowest BCUT2D eigenvalue weighted by Gasteiger charge is -2.36. The van der Waals surface area contributed by atoms with Gasteiger partial charge in [0, 0.05) is 37.7 Å². The smallest absolute Gasteiger partial charge is 0.251 e. The lowest BCUT2D eigenvalue weighted by molar-refractivity contribution is -0.141. The molecule has 2 saturated heterocycles. The zero-order chi connectivity index (χ0) is 18.4. The molecular weight excluding hydrogens is 360 g/mol. The lowest BCUT2D eigenvalue weighted by atomic mass is 9.97. The summed E-state index contributed by atoms with van der Waals surface area (Å²) in [6, 6.07) is 0. The standard InChI is InChI=1S/C20H26N4O2S/c1-13-21-18(17-14-5-2-3-7-16(14)27-19(17)22-13)23-8-10-24(11-9-23)20(25)15-6-4-12-26-15/h15H,2-12H2,1H3/t15-/m1/s1. The Balaban J connectivity index is 1.40. The number of thiophene rings is 1. The number of aryl methyl sites for hydroxylation is 3. The number of amides is 1. The number of hydrogen-bond donors (Lipinski definition) is 0. The van der Waals surface area contributed by atoms with Crippen molar-refractivity contribution in [2.24, 2.45) is 0 Å². The molecule has 3 aliphatic rings. The Morgan fingerprint density at radius 3 is 2.70 bits per heavy atom. The molecule has 4 heterocycles. The van der Waals surface area contributed by atoms with E-state index >= 15 is 0 Å². The minimum atomic E-state index is -0.214. The summed E-state index contributed by atoms with van der Waals surface area (Å²) < 4.78 is 5.58. The Morgan fingerprint density at radius 2 is 1.93 bits per heavy atom. The average molecular weight is 387 g/mol. The first-order valence-corrected chi connectivity index (χ1v) is 11.0. The number of anilines is 1. The van der Waals surface area contributed by atoms with Gasteiger partial charge in [0.2, 0.25) is 0 Å². The number of carbonyl (C=O) groups excluding carboxylic acids is 1. The number of nitrogens with zero attached hydrogens (tertiary/aromatic N) is 4. The van der Waals surface area contributed by atoms with Gasteiger partial charge in [0.1, 0.15) is 22.6 Å². The van der Waals surface area contributed by atoms with E-state index in [2.05, 4.69) is 4.90 Å². The van der Waals surface area contributed by atoms with Crippen LogP contribution in [0, 0.1) is 6.92 Å². The monoisotopic (exact) mass is 386 g/mol. The molecule has 2 aromatic heterocycles. The van der Waals surface area contributed by atoms with E-state index in [9.17, 15) is 4.79 Å². The van der Waals surface area contributed by atoms with Gasteiger partial charge < -0.3 is 14.5 Å². The van der Waals surface area contributed by atoms with Gasteiger partial charge in [-0.25, -0.2) is 9.97 Å². The summed E-state index contributed by atoms with van der Waals surface area (Å²) in [5.74, 6) is 2.10. The van der Waals surface area contributed by atoms with E-state index in [0.717, 1.165) is 68.5 Å². The maximum absolute atomic E-state index is 12.6. The van der Waals surface area contributed by atoms with Crippen molar-refractivity contribution in [1.29, 1.82) is 0 Å². The Morgan fingerprint density at radius 1 is 1.11 bits per heavy atom. The second-order valence-electron chi connectivity index (χ2n) is 7.80. The van der Waals surface area contributed by atoms with E-state index in [1.54, 1.807) is 0 Å². The molecule has 0 saturated carbocycles. The van der Waals surface area contributed by atoms with Gasteiger partial charge in [-0.3, -0.25) is 4.79 Å². The van der Waals surface area contributed by atoms with Crippen LogP contribution in [0.4, 0.5) is 5.82 Å². The molecule has 2 fully saturated rings. The molecular formula is C20H26N4O2S. The van der Waals surface area contributed by atoms with Crippen LogP contribution in [0.1, 0.15) is 41.9 Å². The molecule has 0 bridgehead atoms. The molecule has 1 atom stereocenters. The maximum atomic E-state index is 12.6. The Labute approximate surface area is 163 Å². The fourth-order valence-electron chi connectivity index (χ4n) is 4.59. The minimum absolute atomic E-state index is 0.170. The van der Waals surface area contributed by atoms with Gasteiger partial charge in [-0.05, 0) is 51.0 Å². The summed E-state index contributed by atoms with van der Waals surface area (Å²) in [5, 5.41) is 1.28. The quantitative estimate of drug-likeness (QED) is 0.794. The van der Waals surface area contributed by atoms with Gasteiger partial charge in [0.15, 0.2) is 0 Å². The summed E-state index contributed by atoms with van der Waals surface area (Å²) >= 11 is 1.86. The van der Waals surface area contributed by atoms with Gasteiger partial charge in [0.25, 0.3) is 5.91 Å². The lowest BCUT2D eigenvalue weighted by Crippen LogP contribution is -2.51. The molecule has 1 aliphatic carbocycles. The van der Waals surface area contributed by atoms with Gasteiger partial charge >= 0.3 is 0 Å². The zero-order valence-electron chi connectivity index (χ0n) is 15.9. The summed E-state index contributed by atoms with van der Waals surface area (Å²) in [7, 11) is 0. The second kappa shape index (κ2) is 7.02. The first kappa shape index (κ1) is 17.4. The van der Waals surface area contributed by atoms with Gasteiger partial charge in [-0.15, -0.1) is 11.3 Å². The van der Waals surface area contributed by atoms with Crippen molar-refractivity contribution < 1.29 is 9.53 Å². The molecule has 1 amide bonds. The van der Waals surface area contributed by atoms with Crippen LogP contribution in [-0.4, -0.2) is 59.7 Å². The molecule has 27 heavy (non-hydrogen) atoms. The summed E-state index contributed by atoms with van der Waals surface area (Å²) in [5.41, 5.74) is 1.48. The average Bonchev–Trinajstić information content (AvgIpc) is 3.34. The van der Waals surface area contributed by atoms with E-state index in [1.165, 1.54) is 35.1 Å². The Bertz CT molecular complexity index is 866. The molecule has 7 heteroatoms. The van der Waals surface area contributed by atoms with Crippen molar-refractivity contribution in [1.82, 2.24) is 14.9 Å². The van der Waals surface area contributed by atoms with Crippen molar-refractivity contribution in [2.75, 3.05) is 37.7 Å². The molecule has 6 nitrogen and oxygen atoms in total. The molecule has 5 rings (SSSR count). The number of hydrogen-bond acceptors (Lipinski definition) is 6. The normalized spacial score (nSPS) is 23.1. The van der Waals surface area contributed by atoms with Crippen molar-refractivity contribution >= 4 is 33.3 Å². The van der Waals surface area contributed by atoms with Crippen molar-refractivity contribution in [2.45, 2.75) is 51.6 Å². The van der Waals surface area contributed by atoms with Crippen LogP contribution in [0.3, 0.4) is 0 Å². The molecule has 0 unspecified atom stereocenters. The van der Waals surface area contributed by atoms with Crippen LogP contribution >= 0.6 is 11.3 Å². The molecule has 0 spiro atoms. The van der Waals surface area contributed by atoms with Crippen molar-refractivity contribution in [3.63, 3.8) is 0 Å². The fourth-order valence-corrected chi connectivity index (χ4v) is 5.89. The van der Waals surface area contributed by atoms with E-state index in [-0.39, 0.29) is 12.0 Å². The molecule has 0 radical (unpaired) electrons. The predicted molar refractivity (Wildman–Crippen MR) is 107 cm³/mol. The molecule has 144 valence electrons. The van der Waals surface area contributed by atoms with Crippen molar-refractivity contribution in [3.8, 4) is 0 Å². The second-order valence-corrected chi connectivity index (χ2v) is 8.88. The summed E-state index contributed by atoms with van der Waals surface area (Å²) in [6.45, 7) is 5.85. The largest absolute Gasteiger partial charge is 0.368 e. The maximum Gasteiger partial charge on any atom is 0.251 e. The Kier molecular flexibility index (Phi) is 4.52. The molecule has 0 N–H and O–H groups in total. The van der Waals surface area contributed by atoms with E-state index < -0.39 is 0 Å². The van der Waals surface area contributed by atoms with Gasteiger partial charge in [-0.1, -0.05) is 0 Å². The SMILES string of the molecule is Cc1nc(N2CCN(C(=O)[C@H]3CCCO3)CC2)c2c3c(sc2n1)CCCC3. The highest BCUT2D eigenvalue weighted by Gasteiger charge is 2.31. The Hall–Kier alpha value is -1.73. The highest BCUT2D eigenvalue weighted by atomic mass is 32.1. The predicted octanol–water partition coefficient (Wildman–Crippen LogP) is 2.71.